The summed E-state index contributed by atoms with van der Waals surface area (Å²) in [7, 11) is 0. The number of aliphatic imine (C=N–C) groups is 1. The van der Waals surface area contributed by atoms with E-state index >= 15 is 0 Å². The van der Waals surface area contributed by atoms with Crippen molar-refractivity contribution in [2.45, 2.75) is 18.2 Å². The predicted molar refractivity (Wildman–Crippen MR) is 82.3 cm³/mol. The van der Waals surface area contributed by atoms with E-state index in [1.54, 1.807) is 0 Å². The Labute approximate surface area is 125 Å². The second-order valence-corrected chi connectivity index (χ2v) is 7.40. The molecule has 1 amide bonds. The van der Waals surface area contributed by atoms with Crippen LogP contribution in [0.4, 0.5) is 0 Å². The molecule has 0 saturated carbocycles. The Kier molecular flexibility index (Phi) is 3.81. The zero-order valence-electron chi connectivity index (χ0n) is 11.2. The zero-order valence-corrected chi connectivity index (χ0v) is 13.0. The van der Waals surface area contributed by atoms with Gasteiger partial charge in [-0.15, -0.1) is 0 Å². The standard InChI is InChI=1S/C17H15NOSe/c1-12-7-9-13(10-8-12)15-11-16(19)18-17(20-15)14-5-3-2-4-6-14/h2-10,15H,11H2,1H3/t15-/m1/s1. The predicted octanol–water partition coefficient (Wildman–Crippen LogP) is 3.12. The molecule has 20 heavy (non-hydrogen) atoms. The molecule has 2 aromatic carbocycles. The molecule has 0 saturated heterocycles. The summed E-state index contributed by atoms with van der Waals surface area (Å²) in [5.74, 6) is 0.00236. The summed E-state index contributed by atoms with van der Waals surface area (Å²) in [6.07, 6.45) is 0.541. The van der Waals surface area contributed by atoms with Gasteiger partial charge in [-0.3, -0.25) is 0 Å². The first-order valence-electron chi connectivity index (χ1n) is 6.62. The normalized spacial score (nSPS) is 18.8. The molecule has 0 N–H and O–H groups in total. The summed E-state index contributed by atoms with van der Waals surface area (Å²) >= 11 is 0.199. The number of hydrogen-bond acceptors (Lipinski definition) is 1. The third-order valence-corrected chi connectivity index (χ3v) is 5.98. The molecular formula is C17H15NOSe. The average Bonchev–Trinajstić information content (AvgIpc) is 2.48. The third-order valence-electron chi connectivity index (χ3n) is 3.31. The molecule has 1 aliphatic rings. The minimum absolute atomic E-state index is 0.00236. The van der Waals surface area contributed by atoms with Crippen LogP contribution >= 0.6 is 0 Å². The SMILES string of the molecule is Cc1ccc([C@H]2CC(=O)N=C(c3ccccc3)[Se]2)cc1. The molecule has 1 aliphatic heterocycles. The van der Waals surface area contributed by atoms with E-state index < -0.39 is 0 Å². The van der Waals surface area contributed by atoms with Crippen molar-refractivity contribution in [3.63, 3.8) is 0 Å². The van der Waals surface area contributed by atoms with E-state index in [2.05, 4.69) is 36.2 Å². The molecule has 3 heteroatoms. The fraction of sp³-hybridized carbons (Fsp3) is 0.176. The molecule has 0 spiro atoms. The number of carbonyl (C=O) groups is 1. The van der Waals surface area contributed by atoms with Gasteiger partial charge in [0, 0.05) is 0 Å². The van der Waals surface area contributed by atoms with Crippen LogP contribution in [0.5, 0.6) is 0 Å². The van der Waals surface area contributed by atoms with E-state index in [1.165, 1.54) is 11.1 Å². The summed E-state index contributed by atoms with van der Waals surface area (Å²) in [6.45, 7) is 2.08. The van der Waals surface area contributed by atoms with E-state index in [9.17, 15) is 4.79 Å². The van der Waals surface area contributed by atoms with E-state index in [1.807, 2.05) is 30.3 Å². The van der Waals surface area contributed by atoms with Crippen molar-refractivity contribution in [1.82, 2.24) is 0 Å². The Balaban J connectivity index is 1.89. The molecule has 0 aliphatic carbocycles. The fourth-order valence-corrected chi connectivity index (χ4v) is 4.75. The van der Waals surface area contributed by atoms with Gasteiger partial charge >= 0.3 is 125 Å². The van der Waals surface area contributed by atoms with E-state index in [0.717, 1.165) is 10.2 Å². The summed E-state index contributed by atoms with van der Waals surface area (Å²) in [6, 6.07) is 18.6. The number of rotatable bonds is 2. The van der Waals surface area contributed by atoms with Crippen LogP contribution < -0.4 is 0 Å². The molecular weight excluding hydrogens is 313 g/mol. The van der Waals surface area contributed by atoms with Crippen LogP contribution in [0, 0.1) is 6.92 Å². The number of hydrogen-bond donors (Lipinski definition) is 0. The van der Waals surface area contributed by atoms with Gasteiger partial charge in [0.25, 0.3) is 0 Å². The van der Waals surface area contributed by atoms with Crippen molar-refractivity contribution in [2.75, 3.05) is 0 Å². The quantitative estimate of drug-likeness (QED) is 0.779. The molecule has 2 aromatic rings. The van der Waals surface area contributed by atoms with Gasteiger partial charge in [-0.25, -0.2) is 0 Å². The molecule has 3 rings (SSSR count). The second-order valence-electron chi connectivity index (χ2n) is 4.90. The molecule has 1 heterocycles. The van der Waals surface area contributed by atoms with Gasteiger partial charge < -0.3 is 0 Å². The average molecular weight is 328 g/mol. The number of carbonyl (C=O) groups excluding carboxylic acids is 1. The van der Waals surface area contributed by atoms with Crippen LogP contribution in [0.2, 0.25) is 0 Å². The van der Waals surface area contributed by atoms with Gasteiger partial charge in [-0.1, -0.05) is 0 Å². The topological polar surface area (TPSA) is 29.4 Å². The number of benzene rings is 2. The number of nitrogens with zero attached hydrogens (tertiary/aromatic N) is 1. The molecule has 0 bridgehead atoms. The summed E-state index contributed by atoms with van der Waals surface area (Å²) in [5, 5.41) is 0. The summed E-state index contributed by atoms with van der Waals surface area (Å²) < 4.78 is 0.972. The maximum absolute atomic E-state index is 11.9. The van der Waals surface area contributed by atoms with Crippen molar-refractivity contribution < 1.29 is 4.79 Å². The van der Waals surface area contributed by atoms with Gasteiger partial charge in [0.15, 0.2) is 0 Å². The van der Waals surface area contributed by atoms with Gasteiger partial charge in [0.05, 0.1) is 0 Å². The Morgan fingerprint density at radius 1 is 1.05 bits per heavy atom. The van der Waals surface area contributed by atoms with E-state index in [-0.39, 0.29) is 20.9 Å². The Morgan fingerprint density at radius 3 is 2.45 bits per heavy atom. The van der Waals surface area contributed by atoms with Gasteiger partial charge in [-0.2, -0.15) is 0 Å². The van der Waals surface area contributed by atoms with Crippen LogP contribution in [0.1, 0.15) is 27.9 Å². The van der Waals surface area contributed by atoms with Crippen molar-refractivity contribution in [1.29, 1.82) is 0 Å². The summed E-state index contributed by atoms with van der Waals surface area (Å²) in [4.78, 5) is 16.5. The monoisotopic (exact) mass is 329 g/mol. The molecule has 1 atom stereocenters. The fourth-order valence-electron chi connectivity index (χ4n) is 2.20. The van der Waals surface area contributed by atoms with Crippen molar-refractivity contribution in [3.05, 3.63) is 71.3 Å². The van der Waals surface area contributed by atoms with Crippen molar-refractivity contribution in [2.24, 2.45) is 4.99 Å². The molecule has 0 aromatic heterocycles. The number of amides is 1. The first-order chi connectivity index (χ1) is 9.72. The van der Waals surface area contributed by atoms with Crippen molar-refractivity contribution >= 4 is 25.5 Å². The van der Waals surface area contributed by atoms with Gasteiger partial charge in [0.2, 0.25) is 0 Å². The molecule has 0 radical (unpaired) electrons. The summed E-state index contributed by atoms with van der Waals surface area (Å²) in [5.41, 5.74) is 3.59. The molecule has 100 valence electrons. The molecule has 2 nitrogen and oxygen atoms in total. The maximum atomic E-state index is 11.9. The Hall–Kier alpha value is -1.70. The van der Waals surface area contributed by atoms with Crippen LogP contribution in [0.25, 0.3) is 0 Å². The van der Waals surface area contributed by atoms with Crippen molar-refractivity contribution in [3.8, 4) is 0 Å². The number of aryl methyl sites for hydroxylation is 1. The van der Waals surface area contributed by atoms with Crippen LogP contribution in [0.15, 0.2) is 59.6 Å². The second kappa shape index (κ2) is 5.74. The first-order valence-corrected chi connectivity index (χ1v) is 8.47. The van der Waals surface area contributed by atoms with E-state index in [0.29, 0.717) is 11.2 Å². The first kappa shape index (κ1) is 13.3. The third kappa shape index (κ3) is 2.90. The molecule has 0 unspecified atom stereocenters. The Morgan fingerprint density at radius 2 is 1.75 bits per heavy atom. The zero-order chi connectivity index (χ0) is 13.9. The van der Waals surface area contributed by atoms with Crippen LogP contribution in [-0.2, 0) is 4.79 Å². The molecule has 0 fully saturated rings. The van der Waals surface area contributed by atoms with Gasteiger partial charge in [0.1, 0.15) is 0 Å². The van der Waals surface area contributed by atoms with E-state index in [4.69, 9.17) is 0 Å². The Bertz CT molecular complexity index is 646. The van der Waals surface area contributed by atoms with Crippen LogP contribution in [-0.4, -0.2) is 25.5 Å². The van der Waals surface area contributed by atoms with Gasteiger partial charge in [-0.05, 0) is 0 Å². The van der Waals surface area contributed by atoms with Crippen LogP contribution in [0.3, 0.4) is 0 Å². The minimum atomic E-state index is 0.00236.